The molecule has 3 nitrogen and oxygen atoms in total. The number of anilines is 1. The van der Waals surface area contributed by atoms with Gasteiger partial charge in [-0.2, -0.15) is 0 Å². The number of hydrogen-bond donors (Lipinski definition) is 1. The van der Waals surface area contributed by atoms with E-state index in [4.69, 9.17) is 0 Å². The number of amides is 1. The van der Waals surface area contributed by atoms with Crippen LogP contribution in [-0.2, 0) is 11.2 Å². The number of carbonyl (C=O) groups is 1. The highest BCUT2D eigenvalue weighted by Gasteiger charge is 2.40. The number of rotatable bonds is 5. The summed E-state index contributed by atoms with van der Waals surface area (Å²) in [7, 11) is 0. The zero-order chi connectivity index (χ0) is 16.4. The molecule has 2 saturated carbocycles. The van der Waals surface area contributed by atoms with Crippen LogP contribution < -0.4 is 5.32 Å². The summed E-state index contributed by atoms with van der Waals surface area (Å²) in [4.78, 5) is 16.3. The zero-order valence-corrected chi connectivity index (χ0v) is 13.9. The van der Waals surface area contributed by atoms with Crippen LogP contribution in [0.2, 0.25) is 0 Å². The van der Waals surface area contributed by atoms with Gasteiger partial charge < -0.3 is 5.32 Å². The van der Waals surface area contributed by atoms with Crippen LogP contribution in [0.3, 0.4) is 0 Å². The summed E-state index contributed by atoms with van der Waals surface area (Å²) in [6, 6.07) is 12.3. The van der Waals surface area contributed by atoms with E-state index in [9.17, 15) is 4.79 Å². The highest BCUT2D eigenvalue weighted by atomic mass is 16.1. The molecule has 0 aliphatic heterocycles. The van der Waals surface area contributed by atoms with E-state index >= 15 is 0 Å². The molecular formula is C21H24N2O. The van der Waals surface area contributed by atoms with E-state index in [0.717, 1.165) is 23.9 Å². The maximum absolute atomic E-state index is 12.3. The maximum atomic E-state index is 12.3. The van der Waals surface area contributed by atoms with Crippen LogP contribution in [0.4, 0.5) is 5.69 Å². The first-order chi connectivity index (χ1) is 11.8. The Balaban J connectivity index is 1.31. The molecule has 124 valence electrons. The molecule has 3 heteroatoms. The van der Waals surface area contributed by atoms with Gasteiger partial charge in [-0.05, 0) is 78.8 Å². The van der Waals surface area contributed by atoms with Crippen molar-refractivity contribution >= 4 is 11.6 Å². The van der Waals surface area contributed by atoms with Gasteiger partial charge in [-0.15, -0.1) is 0 Å². The number of benzene rings is 1. The van der Waals surface area contributed by atoms with Gasteiger partial charge in [-0.1, -0.05) is 18.6 Å². The van der Waals surface area contributed by atoms with Crippen molar-refractivity contribution in [3.63, 3.8) is 0 Å². The van der Waals surface area contributed by atoms with Crippen molar-refractivity contribution in [2.45, 2.75) is 38.5 Å². The average molecular weight is 320 g/mol. The molecule has 24 heavy (non-hydrogen) atoms. The van der Waals surface area contributed by atoms with Crippen molar-refractivity contribution in [1.82, 2.24) is 4.98 Å². The molecule has 0 saturated heterocycles. The lowest BCUT2D eigenvalue weighted by molar-refractivity contribution is -0.117. The number of aromatic nitrogens is 1. The summed E-state index contributed by atoms with van der Waals surface area (Å²) in [5.74, 6) is 2.51. The Kier molecular flexibility index (Phi) is 4.33. The van der Waals surface area contributed by atoms with Gasteiger partial charge >= 0.3 is 0 Å². The number of nitrogens with one attached hydrogen (secondary N) is 1. The highest BCUT2D eigenvalue weighted by molar-refractivity contribution is 5.90. The molecule has 2 aliphatic carbocycles. The number of pyridine rings is 1. The minimum atomic E-state index is 0.175. The normalized spacial score (nSPS) is 24.9. The Morgan fingerprint density at radius 2 is 1.75 bits per heavy atom. The van der Waals surface area contributed by atoms with Crippen LogP contribution in [0.25, 0.3) is 0 Å². The van der Waals surface area contributed by atoms with Gasteiger partial charge in [-0.3, -0.25) is 9.78 Å². The van der Waals surface area contributed by atoms with Crippen molar-refractivity contribution in [3.8, 4) is 0 Å². The fourth-order valence-electron chi connectivity index (χ4n) is 4.52. The molecule has 0 unspecified atom stereocenters. The van der Waals surface area contributed by atoms with Crippen LogP contribution >= 0.6 is 0 Å². The van der Waals surface area contributed by atoms with Gasteiger partial charge in [0.2, 0.25) is 5.91 Å². The molecule has 1 heterocycles. The van der Waals surface area contributed by atoms with Crippen molar-refractivity contribution in [3.05, 3.63) is 59.9 Å². The minimum absolute atomic E-state index is 0.175. The first-order valence-electron chi connectivity index (χ1n) is 9.04. The first-order valence-corrected chi connectivity index (χ1v) is 9.04. The van der Waals surface area contributed by atoms with Crippen molar-refractivity contribution < 1.29 is 4.79 Å². The predicted molar refractivity (Wildman–Crippen MR) is 95.7 cm³/mol. The highest BCUT2D eigenvalue weighted by Crippen LogP contribution is 2.49. The lowest BCUT2D eigenvalue weighted by Gasteiger charge is -2.20. The van der Waals surface area contributed by atoms with Crippen molar-refractivity contribution in [1.29, 1.82) is 0 Å². The van der Waals surface area contributed by atoms with Gasteiger partial charge in [0.15, 0.2) is 0 Å². The summed E-state index contributed by atoms with van der Waals surface area (Å²) in [5, 5.41) is 3.07. The second-order valence-electron chi connectivity index (χ2n) is 7.42. The lowest BCUT2D eigenvalue weighted by atomic mass is 9.86. The van der Waals surface area contributed by atoms with Gasteiger partial charge in [0.25, 0.3) is 0 Å². The topological polar surface area (TPSA) is 42.0 Å². The van der Waals surface area contributed by atoms with Crippen LogP contribution in [0.1, 0.15) is 43.2 Å². The minimum Gasteiger partial charge on any atom is -0.326 e. The molecular weight excluding hydrogens is 296 g/mol. The van der Waals surface area contributed by atoms with E-state index in [2.05, 4.69) is 22.4 Å². The Morgan fingerprint density at radius 3 is 2.42 bits per heavy atom. The Labute approximate surface area is 143 Å². The summed E-state index contributed by atoms with van der Waals surface area (Å²) in [6.45, 7) is 0. The number of hydrogen-bond acceptors (Lipinski definition) is 2. The smallest absolute Gasteiger partial charge is 0.224 e. The molecule has 0 spiro atoms. The quantitative estimate of drug-likeness (QED) is 0.885. The molecule has 2 fully saturated rings. The fraction of sp³-hybridized carbons (Fsp3) is 0.429. The van der Waals surface area contributed by atoms with E-state index in [0.29, 0.717) is 12.3 Å². The Morgan fingerprint density at radius 1 is 1.00 bits per heavy atom. The van der Waals surface area contributed by atoms with E-state index in [1.165, 1.54) is 36.8 Å². The van der Waals surface area contributed by atoms with Gasteiger partial charge in [-0.25, -0.2) is 0 Å². The van der Waals surface area contributed by atoms with E-state index in [1.807, 2.05) is 36.7 Å². The second-order valence-corrected chi connectivity index (χ2v) is 7.42. The van der Waals surface area contributed by atoms with Crippen LogP contribution in [0.15, 0.2) is 48.8 Å². The molecule has 1 N–H and O–H groups in total. The van der Waals surface area contributed by atoms with E-state index in [-0.39, 0.29) is 5.91 Å². The van der Waals surface area contributed by atoms with Crippen molar-refractivity contribution in [2.24, 2.45) is 17.8 Å². The number of fused-ring (bicyclic) bond motifs is 2. The molecule has 2 aromatic rings. The lowest BCUT2D eigenvalue weighted by Crippen LogP contribution is -2.20. The van der Waals surface area contributed by atoms with Crippen molar-refractivity contribution in [2.75, 3.05) is 5.32 Å². The van der Waals surface area contributed by atoms with E-state index in [1.54, 1.807) is 0 Å². The largest absolute Gasteiger partial charge is 0.326 e. The monoisotopic (exact) mass is 320 g/mol. The third-order valence-electron chi connectivity index (χ3n) is 5.73. The third kappa shape index (κ3) is 3.50. The van der Waals surface area contributed by atoms with Gasteiger partial charge in [0.1, 0.15) is 0 Å². The van der Waals surface area contributed by atoms with Gasteiger partial charge in [0.05, 0.1) is 0 Å². The first kappa shape index (κ1) is 15.4. The predicted octanol–water partition coefficient (Wildman–Crippen LogP) is 4.44. The SMILES string of the molecule is O=C(C[C@H]1C[C@@H]2CC[C@@H]1C2)Nc1ccc(Cc2ccncc2)cc1. The summed E-state index contributed by atoms with van der Waals surface area (Å²) < 4.78 is 0. The maximum Gasteiger partial charge on any atom is 0.224 e. The summed E-state index contributed by atoms with van der Waals surface area (Å²) in [6.07, 6.45) is 10.6. The van der Waals surface area contributed by atoms with Crippen LogP contribution in [0, 0.1) is 17.8 Å². The molecule has 1 aromatic heterocycles. The molecule has 1 aromatic carbocycles. The van der Waals surface area contributed by atoms with Crippen LogP contribution in [-0.4, -0.2) is 10.9 Å². The molecule has 1 amide bonds. The molecule has 2 bridgehead atoms. The Bertz CT molecular complexity index is 696. The van der Waals surface area contributed by atoms with E-state index < -0.39 is 0 Å². The average Bonchev–Trinajstić information content (AvgIpc) is 3.20. The fourth-order valence-corrected chi connectivity index (χ4v) is 4.52. The molecule has 2 aliphatic rings. The second kappa shape index (κ2) is 6.76. The third-order valence-corrected chi connectivity index (χ3v) is 5.73. The molecule has 4 rings (SSSR count). The molecule has 0 radical (unpaired) electrons. The number of carbonyl (C=O) groups excluding carboxylic acids is 1. The van der Waals surface area contributed by atoms with Crippen LogP contribution in [0.5, 0.6) is 0 Å². The Hall–Kier alpha value is -2.16. The summed E-state index contributed by atoms with van der Waals surface area (Å²) in [5.41, 5.74) is 3.40. The molecule has 3 atom stereocenters. The standard InChI is InChI=1S/C21H24N2O/c24-21(14-19-13-17-1-4-18(19)12-17)23-20-5-2-15(3-6-20)11-16-7-9-22-10-8-16/h2-3,5-10,17-19H,1,4,11-14H2,(H,23,24)/t17-,18-,19-/m1/s1. The summed E-state index contributed by atoms with van der Waals surface area (Å²) >= 11 is 0. The van der Waals surface area contributed by atoms with Gasteiger partial charge in [0, 0.05) is 24.5 Å². The zero-order valence-electron chi connectivity index (χ0n) is 13.9. The number of nitrogens with zero attached hydrogens (tertiary/aromatic N) is 1.